The number of nitrogens with zero attached hydrogens (tertiary/aromatic N) is 1. The van der Waals surface area contributed by atoms with Crippen molar-refractivity contribution in [1.29, 1.82) is 0 Å². The van der Waals surface area contributed by atoms with Gasteiger partial charge in [-0.1, -0.05) is 31.9 Å². The topological polar surface area (TPSA) is 29.5 Å². The Morgan fingerprint density at radius 3 is 2.05 bits per heavy atom. The Labute approximate surface area is 126 Å². The van der Waals surface area contributed by atoms with Gasteiger partial charge in [-0.25, -0.2) is 0 Å². The van der Waals surface area contributed by atoms with Crippen LogP contribution in [-0.4, -0.2) is 50.2 Å². The van der Waals surface area contributed by atoms with Crippen LogP contribution in [0.2, 0.25) is 0 Å². The average molecular weight is 296 g/mol. The molecular weight excluding hydrogens is 262 g/mol. The predicted molar refractivity (Wildman–Crippen MR) is 79.5 cm³/mol. The first-order chi connectivity index (χ1) is 8.54. The monoisotopic (exact) mass is 295 g/mol. The van der Waals surface area contributed by atoms with Crippen LogP contribution in [-0.2, 0) is 4.74 Å². The molecule has 0 aromatic rings. The van der Waals surface area contributed by atoms with Gasteiger partial charge in [0, 0.05) is 13.0 Å². The third-order valence-electron chi connectivity index (χ3n) is 2.59. The summed E-state index contributed by atoms with van der Waals surface area (Å²) in [4.78, 5) is 0. The van der Waals surface area contributed by atoms with E-state index in [4.69, 9.17) is 9.84 Å². The molecule has 118 valence electrons. The first-order valence-corrected chi connectivity index (χ1v) is 7.12. The van der Waals surface area contributed by atoms with Crippen LogP contribution in [0.4, 0.5) is 0 Å². The van der Waals surface area contributed by atoms with Crippen molar-refractivity contribution >= 4 is 0 Å². The summed E-state index contributed by atoms with van der Waals surface area (Å²) in [7, 11) is 4.27. The van der Waals surface area contributed by atoms with Gasteiger partial charge in [-0.3, -0.25) is 0 Å². The molecule has 0 aliphatic rings. The lowest BCUT2D eigenvalue weighted by Crippen LogP contribution is -3.00. The average Bonchev–Trinajstić information content (AvgIpc) is 2.36. The maximum absolute atomic E-state index is 8.72. The molecule has 0 saturated heterocycles. The van der Waals surface area contributed by atoms with Crippen LogP contribution in [0.15, 0.2) is 12.2 Å². The molecule has 0 atom stereocenters. The van der Waals surface area contributed by atoms with Crippen LogP contribution in [0.3, 0.4) is 0 Å². The van der Waals surface area contributed by atoms with Crippen LogP contribution in [0.1, 0.15) is 46.5 Å². The number of hydrogen-bond acceptors (Lipinski definition) is 2. The number of aliphatic hydroxyl groups excluding tert-OH is 1. The molecule has 0 fully saturated rings. The van der Waals surface area contributed by atoms with E-state index < -0.39 is 0 Å². The van der Waals surface area contributed by atoms with E-state index in [-0.39, 0.29) is 19.0 Å². The maximum Gasteiger partial charge on any atom is 0.182 e. The van der Waals surface area contributed by atoms with Gasteiger partial charge < -0.3 is 26.7 Å². The van der Waals surface area contributed by atoms with Gasteiger partial charge in [0.25, 0.3) is 0 Å². The largest absolute Gasteiger partial charge is 1.00 e. The lowest BCUT2D eigenvalue weighted by Gasteiger charge is -2.28. The number of allylic oxidation sites excluding steroid dienone is 2. The smallest absolute Gasteiger partial charge is 0.182 e. The molecule has 0 aromatic carbocycles. The summed E-state index contributed by atoms with van der Waals surface area (Å²) < 4.78 is 6.43. The second-order valence-electron chi connectivity index (χ2n) is 5.15. The zero-order valence-corrected chi connectivity index (χ0v) is 14.2. The fraction of sp³-hybridized carbons (Fsp3) is 0.867. The molecule has 0 aliphatic carbocycles. The van der Waals surface area contributed by atoms with E-state index in [1.807, 2.05) is 26.0 Å². The molecule has 4 heteroatoms. The van der Waals surface area contributed by atoms with Gasteiger partial charge in [0.2, 0.25) is 0 Å². The molecule has 0 amide bonds. The molecule has 0 unspecified atom stereocenters. The van der Waals surface area contributed by atoms with Crippen molar-refractivity contribution in [3.8, 4) is 0 Å². The molecule has 0 rings (SSSR count). The van der Waals surface area contributed by atoms with Gasteiger partial charge in [-0.2, -0.15) is 0 Å². The zero-order valence-electron chi connectivity index (χ0n) is 13.5. The molecule has 0 aliphatic heterocycles. The minimum absolute atomic E-state index is 0. The molecule has 0 spiro atoms. The minimum atomic E-state index is 0. The highest BCUT2D eigenvalue weighted by Crippen LogP contribution is 2.01. The number of hydrogen-bond donors (Lipinski definition) is 1. The molecule has 0 radical (unpaired) electrons. The van der Waals surface area contributed by atoms with E-state index >= 15 is 0 Å². The summed E-state index contributed by atoms with van der Waals surface area (Å²) in [5.74, 6) is 0. The molecule has 1 N–H and O–H groups in total. The van der Waals surface area contributed by atoms with E-state index in [9.17, 15) is 0 Å². The van der Waals surface area contributed by atoms with Gasteiger partial charge >= 0.3 is 0 Å². The van der Waals surface area contributed by atoms with Crippen LogP contribution >= 0.6 is 0 Å². The van der Waals surface area contributed by atoms with Crippen molar-refractivity contribution in [2.45, 2.75) is 46.5 Å². The molecule has 3 nitrogen and oxygen atoms in total. The number of unbranched alkanes of at least 4 members (excludes halogenated alkanes) is 2. The Bertz CT molecular complexity index is 181. The van der Waals surface area contributed by atoms with Gasteiger partial charge in [-0.15, -0.1) is 0 Å². The Morgan fingerprint density at radius 2 is 1.63 bits per heavy atom. The number of aliphatic hydroxyl groups is 1. The highest BCUT2D eigenvalue weighted by atomic mass is 35.5. The normalized spacial score (nSPS) is 10.8. The minimum Gasteiger partial charge on any atom is -1.00 e. The highest BCUT2D eigenvalue weighted by Gasteiger charge is 2.13. The second-order valence-corrected chi connectivity index (χ2v) is 5.15. The van der Waals surface area contributed by atoms with Gasteiger partial charge in [0.1, 0.15) is 0 Å². The number of quaternary nitrogens is 1. The number of rotatable bonds is 9. The Morgan fingerprint density at radius 1 is 1.05 bits per heavy atom. The molecule has 0 saturated carbocycles. The van der Waals surface area contributed by atoms with Crippen LogP contribution in [0, 0.1) is 0 Å². The van der Waals surface area contributed by atoms with Crippen LogP contribution in [0.25, 0.3) is 0 Å². The fourth-order valence-corrected chi connectivity index (χ4v) is 1.33. The first-order valence-electron chi connectivity index (χ1n) is 7.12. The highest BCUT2D eigenvalue weighted by molar-refractivity contribution is 4.68. The van der Waals surface area contributed by atoms with E-state index in [0.717, 1.165) is 37.2 Å². The van der Waals surface area contributed by atoms with Crippen molar-refractivity contribution < 1.29 is 26.7 Å². The molecular formula is C15H34ClNO2. The van der Waals surface area contributed by atoms with Gasteiger partial charge in [0.05, 0.1) is 27.2 Å². The number of halogens is 1. The van der Waals surface area contributed by atoms with Crippen molar-refractivity contribution in [3.05, 3.63) is 12.2 Å². The quantitative estimate of drug-likeness (QED) is 0.285. The summed E-state index contributed by atoms with van der Waals surface area (Å²) >= 11 is 0. The zero-order chi connectivity index (χ0) is 14.3. The van der Waals surface area contributed by atoms with Crippen molar-refractivity contribution in [2.75, 3.05) is 40.6 Å². The van der Waals surface area contributed by atoms with Crippen LogP contribution in [0.5, 0.6) is 0 Å². The van der Waals surface area contributed by atoms with Gasteiger partial charge in [0.15, 0.2) is 6.73 Å². The third kappa shape index (κ3) is 23.4. The lowest BCUT2D eigenvalue weighted by atomic mass is 10.3. The first kappa shape index (κ1) is 24.0. The Hall–Kier alpha value is -0.0900. The van der Waals surface area contributed by atoms with Crippen molar-refractivity contribution in [3.63, 3.8) is 0 Å². The summed E-state index contributed by atoms with van der Waals surface area (Å²) in [6.07, 6.45) is 8.51. The van der Waals surface area contributed by atoms with Crippen LogP contribution < -0.4 is 12.4 Å². The molecule has 19 heavy (non-hydrogen) atoms. The van der Waals surface area contributed by atoms with E-state index in [1.54, 1.807) is 0 Å². The SMILES string of the molecule is CC=CC.CCCCCOC[N+](C)(C)CCCO.[Cl-]. The van der Waals surface area contributed by atoms with Crippen molar-refractivity contribution in [1.82, 2.24) is 0 Å². The van der Waals surface area contributed by atoms with E-state index in [0.29, 0.717) is 0 Å². The van der Waals surface area contributed by atoms with E-state index in [2.05, 4.69) is 21.0 Å². The molecule has 0 heterocycles. The molecule has 0 aromatic heterocycles. The lowest BCUT2D eigenvalue weighted by molar-refractivity contribution is -0.909. The summed E-state index contributed by atoms with van der Waals surface area (Å²) in [5, 5.41) is 8.72. The Kier molecular flexibility index (Phi) is 22.6. The standard InChI is InChI=1S/C11H26NO2.C4H8.ClH/c1-4-5-6-10-14-11-12(2,3)8-7-9-13;1-3-4-2;/h13H,4-11H2,1-3H3;3-4H,1-2H3;1H/q+1;;/p-1. The molecule has 0 bridgehead atoms. The number of ether oxygens (including phenoxy) is 1. The summed E-state index contributed by atoms with van der Waals surface area (Å²) in [6, 6.07) is 0. The van der Waals surface area contributed by atoms with Gasteiger partial charge in [-0.05, 0) is 20.3 Å². The van der Waals surface area contributed by atoms with E-state index in [1.165, 1.54) is 12.8 Å². The maximum atomic E-state index is 8.72. The third-order valence-corrected chi connectivity index (χ3v) is 2.59. The predicted octanol–water partition coefficient (Wildman–Crippen LogP) is 0.196. The summed E-state index contributed by atoms with van der Waals surface area (Å²) in [5.41, 5.74) is 0. The summed E-state index contributed by atoms with van der Waals surface area (Å²) in [6.45, 7) is 9.07. The Balaban J connectivity index is -0.000000448. The van der Waals surface area contributed by atoms with Crippen molar-refractivity contribution in [2.24, 2.45) is 0 Å². The second kappa shape index (κ2) is 17.9. The fourth-order valence-electron chi connectivity index (χ4n) is 1.33.